The molecule has 0 bridgehead atoms. The number of nitrogens with zero attached hydrogens (tertiary/aromatic N) is 2. The largest absolute Gasteiger partial charge is 0.508 e. The lowest BCUT2D eigenvalue weighted by Crippen LogP contribution is -2.56. The minimum Gasteiger partial charge on any atom is -0.508 e. The van der Waals surface area contributed by atoms with Gasteiger partial charge in [-0.25, -0.2) is 13.2 Å². The number of rotatable bonds is 9. The molecule has 1 heterocycles. The molecule has 3 aromatic rings. The fraction of sp³-hybridized carbons (Fsp3) is 0.296. The number of aryl methyl sites for hydroxylation is 1. The molecule has 0 spiro atoms. The first-order valence-electron chi connectivity index (χ1n) is 11.7. The molecule has 1 saturated carbocycles. The van der Waals surface area contributed by atoms with Gasteiger partial charge < -0.3 is 15.3 Å². The lowest BCUT2D eigenvalue weighted by Gasteiger charge is -2.45. The Hall–Kier alpha value is -3.59. The van der Waals surface area contributed by atoms with Gasteiger partial charge in [0.2, 0.25) is 11.8 Å². The minimum atomic E-state index is -2.95. The molecule has 0 radical (unpaired) electrons. The molecule has 0 aliphatic heterocycles. The summed E-state index contributed by atoms with van der Waals surface area (Å²) >= 11 is 5.91. The van der Waals surface area contributed by atoms with Crippen LogP contribution in [0.3, 0.4) is 0 Å². The smallest absolute Gasteiger partial charge is 0.252 e. The van der Waals surface area contributed by atoms with Crippen molar-refractivity contribution in [3.63, 3.8) is 0 Å². The summed E-state index contributed by atoms with van der Waals surface area (Å²) in [5.74, 6) is -4.77. The molecule has 1 aliphatic carbocycles. The fourth-order valence-electron chi connectivity index (χ4n) is 4.33. The van der Waals surface area contributed by atoms with E-state index in [1.165, 1.54) is 18.3 Å². The lowest BCUT2D eigenvalue weighted by molar-refractivity contribution is -0.164. The van der Waals surface area contributed by atoms with Crippen LogP contribution in [0.25, 0.3) is 0 Å². The average Bonchev–Trinajstić information content (AvgIpc) is 2.84. The highest BCUT2D eigenvalue weighted by atomic mass is 35.5. The van der Waals surface area contributed by atoms with Crippen LogP contribution < -0.4 is 5.32 Å². The molecule has 1 atom stereocenters. The van der Waals surface area contributed by atoms with Gasteiger partial charge in [0, 0.05) is 48.6 Å². The molecule has 0 saturated heterocycles. The number of carbonyl (C=O) groups excluding carboxylic acids is 2. The predicted molar refractivity (Wildman–Crippen MR) is 131 cm³/mol. The number of amides is 2. The van der Waals surface area contributed by atoms with E-state index in [1.807, 2.05) is 0 Å². The summed E-state index contributed by atoms with van der Waals surface area (Å²) in [6, 6.07) is 11.8. The molecule has 4 rings (SSSR count). The first-order valence-corrected chi connectivity index (χ1v) is 12.1. The monoisotopic (exact) mass is 531 g/mol. The highest BCUT2D eigenvalue weighted by molar-refractivity contribution is 6.30. The number of phenolic OH excluding ortho intramolecular Hbond substituents is 1. The molecule has 2 amide bonds. The zero-order valence-corrected chi connectivity index (χ0v) is 20.5. The van der Waals surface area contributed by atoms with Crippen LogP contribution in [-0.4, -0.2) is 38.8 Å². The minimum absolute atomic E-state index is 0.0729. The number of carbonyl (C=O) groups is 2. The maximum absolute atomic E-state index is 14.1. The highest BCUT2D eigenvalue weighted by Gasteiger charge is 2.51. The second-order valence-electron chi connectivity index (χ2n) is 9.07. The topological polar surface area (TPSA) is 82.5 Å². The summed E-state index contributed by atoms with van der Waals surface area (Å²) in [5, 5.41) is 12.7. The molecule has 1 aliphatic rings. The van der Waals surface area contributed by atoms with E-state index in [0.29, 0.717) is 5.02 Å². The van der Waals surface area contributed by atoms with Gasteiger partial charge in [-0.3, -0.25) is 14.6 Å². The number of hydrogen-bond acceptors (Lipinski definition) is 4. The molecule has 1 aromatic heterocycles. The van der Waals surface area contributed by atoms with Crippen molar-refractivity contribution in [3.8, 4) is 5.75 Å². The Labute approximate surface area is 217 Å². The van der Waals surface area contributed by atoms with Crippen molar-refractivity contribution in [3.05, 3.63) is 94.5 Å². The molecule has 194 valence electrons. The first-order chi connectivity index (χ1) is 17.6. The standard InChI is InChI=1S/C27H25ClF3N3O3/c28-20-6-1-18(2-7-20)14-33-26(37)25(19-11-21(29)16-32-15-19)34(22-12-27(30,31)13-22)24(36)10-5-17-3-8-23(35)9-4-17/h1-4,6-9,11,15-16,22,25,35H,5,10,12-14H2,(H,33,37). The predicted octanol–water partition coefficient (Wildman–Crippen LogP) is 5.20. The zero-order chi connectivity index (χ0) is 26.6. The van der Waals surface area contributed by atoms with Gasteiger partial charge in [-0.15, -0.1) is 0 Å². The van der Waals surface area contributed by atoms with E-state index in [0.717, 1.165) is 28.3 Å². The fourth-order valence-corrected chi connectivity index (χ4v) is 4.46. The number of aromatic nitrogens is 1. The number of hydrogen-bond donors (Lipinski definition) is 2. The van der Waals surface area contributed by atoms with Crippen molar-refractivity contribution >= 4 is 23.4 Å². The lowest BCUT2D eigenvalue weighted by atomic mass is 9.84. The van der Waals surface area contributed by atoms with Gasteiger partial charge in [0.05, 0.1) is 6.20 Å². The maximum atomic E-state index is 14.1. The number of nitrogens with one attached hydrogen (secondary N) is 1. The number of alkyl halides is 2. The van der Waals surface area contributed by atoms with Gasteiger partial charge in [0.15, 0.2) is 0 Å². The van der Waals surface area contributed by atoms with Gasteiger partial charge in [0.25, 0.3) is 5.92 Å². The van der Waals surface area contributed by atoms with Crippen LogP contribution in [0.5, 0.6) is 5.75 Å². The van der Waals surface area contributed by atoms with E-state index < -0.39 is 48.5 Å². The molecule has 37 heavy (non-hydrogen) atoms. The van der Waals surface area contributed by atoms with Crippen molar-refractivity contribution in [2.75, 3.05) is 0 Å². The van der Waals surface area contributed by atoms with E-state index in [2.05, 4.69) is 10.3 Å². The Morgan fingerprint density at radius 2 is 1.73 bits per heavy atom. The first kappa shape index (κ1) is 26.5. The van der Waals surface area contributed by atoms with Crippen LogP contribution >= 0.6 is 11.6 Å². The number of aromatic hydroxyl groups is 1. The zero-order valence-electron chi connectivity index (χ0n) is 19.7. The number of pyridine rings is 1. The Morgan fingerprint density at radius 1 is 1.08 bits per heavy atom. The third kappa shape index (κ3) is 6.80. The van der Waals surface area contributed by atoms with E-state index >= 15 is 0 Å². The van der Waals surface area contributed by atoms with Crippen LogP contribution in [0.1, 0.15) is 42.0 Å². The van der Waals surface area contributed by atoms with Crippen molar-refractivity contribution in [2.24, 2.45) is 0 Å². The summed E-state index contributed by atoms with van der Waals surface area (Å²) < 4.78 is 41.9. The number of halogens is 4. The second-order valence-corrected chi connectivity index (χ2v) is 9.51. The molecule has 1 unspecified atom stereocenters. The van der Waals surface area contributed by atoms with Crippen LogP contribution in [0.15, 0.2) is 67.0 Å². The van der Waals surface area contributed by atoms with E-state index in [1.54, 1.807) is 36.4 Å². The SMILES string of the molecule is O=C(NCc1ccc(Cl)cc1)C(c1cncc(F)c1)N(C(=O)CCc1ccc(O)cc1)C1CC(F)(F)C1. The Balaban J connectivity index is 1.61. The maximum Gasteiger partial charge on any atom is 0.252 e. The molecular formula is C27H25ClF3N3O3. The molecule has 10 heteroatoms. The van der Waals surface area contributed by atoms with Crippen molar-refractivity contribution in [2.45, 2.75) is 50.2 Å². The summed E-state index contributed by atoms with van der Waals surface area (Å²) in [6.07, 6.45) is 1.21. The quantitative estimate of drug-likeness (QED) is 0.398. The van der Waals surface area contributed by atoms with Gasteiger partial charge in [-0.1, -0.05) is 35.9 Å². The Bertz CT molecular complexity index is 1250. The van der Waals surface area contributed by atoms with Gasteiger partial charge in [0.1, 0.15) is 17.6 Å². The molecule has 2 N–H and O–H groups in total. The van der Waals surface area contributed by atoms with Crippen LogP contribution in [0.4, 0.5) is 13.2 Å². The molecule has 1 fully saturated rings. The Morgan fingerprint density at radius 3 is 2.35 bits per heavy atom. The summed E-state index contributed by atoms with van der Waals surface area (Å²) in [4.78, 5) is 31.9. The van der Waals surface area contributed by atoms with E-state index in [9.17, 15) is 27.9 Å². The van der Waals surface area contributed by atoms with Crippen molar-refractivity contribution in [1.82, 2.24) is 15.2 Å². The molecule has 6 nitrogen and oxygen atoms in total. The van der Waals surface area contributed by atoms with E-state index in [-0.39, 0.29) is 30.7 Å². The highest BCUT2D eigenvalue weighted by Crippen LogP contribution is 2.43. The van der Waals surface area contributed by atoms with E-state index in [4.69, 9.17) is 11.6 Å². The number of phenols is 1. The van der Waals surface area contributed by atoms with Crippen molar-refractivity contribution < 1.29 is 27.9 Å². The number of benzene rings is 2. The molecular weight excluding hydrogens is 507 g/mol. The third-order valence-corrected chi connectivity index (χ3v) is 6.51. The normalized spacial score (nSPS) is 15.5. The van der Waals surface area contributed by atoms with Crippen LogP contribution in [0, 0.1) is 5.82 Å². The molecule has 2 aromatic carbocycles. The summed E-state index contributed by atoms with van der Waals surface area (Å²) in [7, 11) is 0. The summed E-state index contributed by atoms with van der Waals surface area (Å²) in [6.45, 7) is 0.0889. The van der Waals surface area contributed by atoms with Gasteiger partial charge in [-0.05, 0) is 47.9 Å². The van der Waals surface area contributed by atoms with Crippen molar-refractivity contribution in [1.29, 1.82) is 0 Å². The average molecular weight is 532 g/mol. The van der Waals surface area contributed by atoms with Gasteiger partial charge >= 0.3 is 0 Å². The second kappa shape index (κ2) is 11.2. The summed E-state index contributed by atoms with van der Waals surface area (Å²) in [5.41, 5.74) is 1.57. The van der Waals surface area contributed by atoms with Crippen LogP contribution in [-0.2, 0) is 22.6 Å². The van der Waals surface area contributed by atoms with Crippen LogP contribution in [0.2, 0.25) is 5.02 Å². The van der Waals surface area contributed by atoms with Gasteiger partial charge in [-0.2, -0.15) is 0 Å². The Kier molecular flexibility index (Phi) is 8.02. The third-order valence-electron chi connectivity index (χ3n) is 6.26.